The van der Waals surface area contributed by atoms with Gasteiger partial charge >= 0.3 is 0 Å². The number of aliphatic imine (C=N–C) groups is 2. The molecule has 0 aliphatic carbocycles. The third kappa shape index (κ3) is 5.67. The second-order valence-corrected chi connectivity index (χ2v) is 7.96. The minimum absolute atomic E-state index is 0. The molecule has 0 saturated carbocycles. The third-order valence-electron chi connectivity index (χ3n) is 5.52. The fraction of sp³-hybridized carbons (Fsp3) is 0.154. The largest absolute Gasteiger partial charge is 0.368 e. The van der Waals surface area contributed by atoms with Gasteiger partial charge in [-0.2, -0.15) is 0 Å². The second kappa shape index (κ2) is 10.8. The number of rotatable bonds is 6. The average Bonchev–Trinajstić information content (AvgIpc) is 3.59. The Bertz CT molecular complexity index is 1220. The number of anilines is 2. The van der Waals surface area contributed by atoms with Gasteiger partial charge in [-0.1, -0.05) is 30.3 Å². The number of carbonyl (C=O) groups is 2. The standard InChI is InChI=1S/C26H24N6O2.ClH/c33-25(31-21-8-2-4-17(15-21)23-27-10-11-28-23)19-6-1-7-20(14-19)26(34)32-22-9-3-5-18(16-22)24-29-12-13-30-24;/h1-9,14-16H,10-13H2,(H,27,28)(H,29,30)(H,31,33)(H,32,34);1H. The number of nitrogens with zero attached hydrogens (tertiary/aromatic N) is 2. The Morgan fingerprint density at radius 3 is 1.54 bits per heavy atom. The van der Waals surface area contributed by atoms with Gasteiger partial charge in [0.05, 0.1) is 13.1 Å². The smallest absolute Gasteiger partial charge is 0.255 e. The summed E-state index contributed by atoms with van der Waals surface area (Å²) < 4.78 is 0. The Labute approximate surface area is 209 Å². The quantitative estimate of drug-likeness (QED) is 0.427. The van der Waals surface area contributed by atoms with Crippen LogP contribution in [0.15, 0.2) is 82.8 Å². The number of halogens is 1. The molecule has 0 unspecified atom stereocenters. The van der Waals surface area contributed by atoms with E-state index in [2.05, 4.69) is 31.3 Å². The minimum atomic E-state index is -0.291. The Morgan fingerprint density at radius 1 is 0.657 bits per heavy atom. The van der Waals surface area contributed by atoms with Gasteiger partial charge in [-0.15, -0.1) is 12.4 Å². The van der Waals surface area contributed by atoms with Gasteiger partial charge in [-0.05, 0) is 42.5 Å². The van der Waals surface area contributed by atoms with Crippen molar-refractivity contribution in [3.8, 4) is 0 Å². The van der Waals surface area contributed by atoms with Crippen LogP contribution in [0.2, 0.25) is 0 Å². The van der Waals surface area contributed by atoms with E-state index in [1.165, 1.54) is 0 Å². The fourth-order valence-corrected chi connectivity index (χ4v) is 3.88. The maximum atomic E-state index is 12.9. The lowest BCUT2D eigenvalue weighted by Crippen LogP contribution is -2.20. The van der Waals surface area contributed by atoms with Crippen LogP contribution < -0.4 is 21.3 Å². The van der Waals surface area contributed by atoms with Crippen molar-refractivity contribution in [3.63, 3.8) is 0 Å². The molecule has 178 valence electrons. The van der Waals surface area contributed by atoms with Crippen molar-refractivity contribution in [1.82, 2.24) is 10.6 Å². The van der Waals surface area contributed by atoms with Gasteiger partial charge in [-0.3, -0.25) is 19.6 Å². The van der Waals surface area contributed by atoms with Gasteiger partial charge in [0.25, 0.3) is 11.8 Å². The van der Waals surface area contributed by atoms with Crippen molar-refractivity contribution < 1.29 is 9.59 Å². The summed E-state index contributed by atoms with van der Waals surface area (Å²) in [7, 11) is 0. The van der Waals surface area contributed by atoms with Crippen LogP contribution in [0.25, 0.3) is 0 Å². The van der Waals surface area contributed by atoms with E-state index in [1.54, 1.807) is 24.3 Å². The van der Waals surface area contributed by atoms with Gasteiger partial charge in [0.1, 0.15) is 11.7 Å². The molecule has 35 heavy (non-hydrogen) atoms. The molecule has 0 fully saturated rings. The van der Waals surface area contributed by atoms with Crippen molar-refractivity contribution in [3.05, 3.63) is 95.1 Å². The Kier molecular flexibility index (Phi) is 7.42. The fourth-order valence-electron chi connectivity index (χ4n) is 3.88. The summed E-state index contributed by atoms with van der Waals surface area (Å²) in [6.07, 6.45) is 0. The summed E-state index contributed by atoms with van der Waals surface area (Å²) >= 11 is 0. The third-order valence-corrected chi connectivity index (χ3v) is 5.52. The van der Waals surface area contributed by atoms with Crippen LogP contribution in [0, 0.1) is 0 Å². The van der Waals surface area contributed by atoms with Crippen LogP contribution in [0.1, 0.15) is 31.8 Å². The molecule has 0 saturated heterocycles. The van der Waals surface area contributed by atoms with Gasteiger partial charge < -0.3 is 21.3 Å². The summed E-state index contributed by atoms with van der Waals surface area (Å²) in [5.41, 5.74) is 3.96. The molecule has 2 amide bonds. The zero-order chi connectivity index (χ0) is 23.3. The average molecular weight is 489 g/mol. The molecule has 0 spiro atoms. The zero-order valence-electron chi connectivity index (χ0n) is 18.9. The molecule has 2 heterocycles. The molecule has 3 aromatic rings. The van der Waals surface area contributed by atoms with Crippen LogP contribution >= 0.6 is 12.4 Å². The topological polar surface area (TPSA) is 107 Å². The number of carbonyl (C=O) groups excluding carboxylic acids is 2. The maximum Gasteiger partial charge on any atom is 0.255 e. The normalized spacial score (nSPS) is 14.1. The molecule has 2 aliphatic rings. The highest BCUT2D eigenvalue weighted by Gasteiger charge is 2.14. The predicted molar refractivity (Wildman–Crippen MR) is 141 cm³/mol. The van der Waals surface area contributed by atoms with Crippen molar-refractivity contribution in [2.24, 2.45) is 9.98 Å². The van der Waals surface area contributed by atoms with Crippen LogP contribution in [0.3, 0.4) is 0 Å². The zero-order valence-corrected chi connectivity index (χ0v) is 19.7. The highest BCUT2D eigenvalue weighted by molar-refractivity contribution is 6.09. The first-order chi connectivity index (χ1) is 16.7. The summed E-state index contributed by atoms with van der Waals surface area (Å²) in [6.45, 7) is 3.13. The van der Waals surface area contributed by atoms with Crippen molar-refractivity contribution >= 4 is 47.3 Å². The summed E-state index contributed by atoms with van der Waals surface area (Å²) in [5, 5.41) is 12.3. The first kappa shape index (κ1) is 24.0. The van der Waals surface area contributed by atoms with E-state index >= 15 is 0 Å². The Hall–Kier alpha value is -4.17. The second-order valence-electron chi connectivity index (χ2n) is 7.96. The van der Waals surface area contributed by atoms with E-state index in [-0.39, 0.29) is 24.2 Å². The highest BCUT2D eigenvalue weighted by atomic mass is 35.5. The molecular formula is C26H25ClN6O2. The predicted octanol–water partition coefficient (Wildman–Crippen LogP) is 3.31. The summed E-state index contributed by atoms with van der Waals surface area (Å²) in [6, 6.07) is 21.7. The lowest BCUT2D eigenvalue weighted by Gasteiger charge is -2.10. The maximum absolute atomic E-state index is 12.9. The number of benzene rings is 3. The van der Waals surface area contributed by atoms with E-state index < -0.39 is 0 Å². The number of hydrogen-bond donors (Lipinski definition) is 4. The molecule has 9 heteroatoms. The molecule has 8 nitrogen and oxygen atoms in total. The molecule has 2 aliphatic heterocycles. The molecule has 3 aromatic carbocycles. The Morgan fingerprint density at radius 2 is 1.11 bits per heavy atom. The summed E-state index contributed by atoms with van der Waals surface area (Å²) in [5.74, 6) is 1.07. The van der Waals surface area contributed by atoms with E-state index in [1.807, 2.05) is 48.5 Å². The lowest BCUT2D eigenvalue weighted by atomic mass is 10.1. The van der Waals surface area contributed by atoms with E-state index in [4.69, 9.17) is 0 Å². The number of nitrogens with one attached hydrogen (secondary N) is 4. The molecular weight excluding hydrogens is 464 g/mol. The van der Waals surface area contributed by atoms with Gasteiger partial charge in [0.2, 0.25) is 0 Å². The van der Waals surface area contributed by atoms with Crippen LogP contribution in [-0.4, -0.2) is 49.7 Å². The monoisotopic (exact) mass is 488 g/mol. The summed E-state index contributed by atoms with van der Waals surface area (Å²) in [4.78, 5) is 34.6. The Balaban J connectivity index is 0.00000289. The number of amidine groups is 2. The molecule has 0 bridgehead atoms. The van der Waals surface area contributed by atoms with Crippen LogP contribution in [0.5, 0.6) is 0 Å². The number of amides is 2. The molecule has 4 N–H and O–H groups in total. The lowest BCUT2D eigenvalue weighted by molar-refractivity contribution is 0.102. The van der Waals surface area contributed by atoms with Crippen molar-refractivity contribution in [2.45, 2.75) is 0 Å². The first-order valence-corrected chi connectivity index (χ1v) is 11.2. The molecule has 0 atom stereocenters. The molecule has 0 radical (unpaired) electrons. The van der Waals surface area contributed by atoms with Crippen molar-refractivity contribution in [2.75, 3.05) is 36.8 Å². The van der Waals surface area contributed by atoms with Crippen LogP contribution in [0.4, 0.5) is 11.4 Å². The molecule has 5 rings (SSSR count). The van der Waals surface area contributed by atoms with E-state index in [0.717, 1.165) is 49.0 Å². The first-order valence-electron chi connectivity index (χ1n) is 11.2. The van der Waals surface area contributed by atoms with E-state index in [9.17, 15) is 9.59 Å². The SMILES string of the molecule is Cl.O=C(Nc1cccc(C2=NCCN2)c1)c1cccc(C(=O)Nc2cccc(C3=NCCN3)c2)c1. The number of hydrogen-bond acceptors (Lipinski definition) is 6. The van der Waals surface area contributed by atoms with Crippen LogP contribution in [-0.2, 0) is 0 Å². The minimum Gasteiger partial charge on any atom is -0.368 e. The highest BCUT2D eigenvalue weighted by Crippen LogP contribution is 2.17. The van der Waals surface area contributed by atoms with Gasteiger partial charge in [-0.25, -0.2) is 0 Å². The molecule has 0 aromatic heterocycles. The van der Waals surface area contributed by atoms with Gasteiger partial charge in [0, 0.05) is 46.7 Å². The van der Waals surface area contributed by atoms with E-state index in [0.29, 0.717) is 22.5 Å². The van der Waals surface area contributed by atoms with Crippen molar-refractivity contribution in [1.29, 1.82) is 0 Å². The van der Waals surface area contributed by atoms with Gasteiger partial charge in [0.15, 0.2) is 0 Å².